The average molecular weight is 350 g/mol. The van der Waals surface area contributed by atoms with E-state index in [4.69, 9.17) is 9.52 Å². The summed E-state index contributed by atoms with van der Waals surface area (Å²) in [6.45, 7) is 16.7. The molecule has 2 heterocycles. The number of aromatic nitrogens is 1. The van der Waals surface area contributed by atoms with Gasteiger partial charge in [-0.3, -0.25) is 4.99 Å². The Kier molecular flexibility index (Phi) is 7.29. The van der Waals surface area contributed by atoms with Gasteiger partial charge in [0.2, 0.25) is 0 Å². The van der Waals surface area contributed by atoms with Gasteiger partial charge in [-0.1, -0.05) is 12.1 Å². The van der Waals surface area contributed by atoms with Gasteiger partial charge in [-0.05, 0) is 47.5 Å². The molecule has 2 rings (SSSR count). The lowest BCUT2D eigenvalue weighted by Gasteiger charge is -2.35. The number of aliphatic imine (C=N–C) groups is 1. The van der Waals surface area contributed by atoms with E-state index in [9.17, 15) is 0 Å². The lowest BCUT2D eigenvalue weighted by Crippen LogP contribution is -2.50. The normalized spacial score (nSPS) is 18.6. The Morgan fingerprint density at radius 3 is 2.48 bits per heavy atom. The van der Waals surface area contributed by atoms with Crippen LogP contribution in [0.4, 0.5) is 0 Å². The fraction of sp³-hybridized carbons (Fsp3) is 0.789. The smallest absolute Gasteiger partial charge is 0.191 e. The van der Waals surface area contributed by atoms with E-state index in [2.05, 4.69) is 48.4 Å². The van der Waals surface area contributed by atoms with E-state index in [0.29, 0.717) is 18.0 Å². The van der Waals surface area contributed by atoms with Crippen LogP contribution in [0.3, 0.4) is 0 Å². The molecule has 1 aliphatic heterocycles. The number of aryl methyl sites for hydroxylation is 2. The zero-order valence-electron chi connectivity index (χ0n) is 16.7. The Hall–Kier alpha value is -1.56. The summed E-state index contributed by atoms with van der Waals surface area (Å²) in [5, 5.41) is 11.1. The van der Waals surface area contributed by atoms with Crippen molar-refractivity contribution in [3.63, 3.8) is 0 Å². The monoisotopic (exact) mass is 349 g/mol. The highest BCUT2D eigenvalue weighted by Crippen LogP contribution is 2.23. The van der Waals surface area contributed by atoms with Crippen molar-refractivity contribution in [2.75, 3.05) is 26.2 Å². The summed E-state index contributed by atoms with van der Waals surface area (Å²) in [7, 11) is 0. The minimum atomic E-state index is 0.296. The van der Waals surface area contributed by atoms with E-state index in [-0.39, 0.29) is 0 Å². The van der Waals surface area contributed by atoms with Crippen molar-refractivity contribution in [3.05, 3.63) is 17.0 Å². The van der Waals surface area contributed by atoms with E-state index < -0.39 is 0 Å². The quantitative estimate of drug-likeness (QED) is 0.611. The van der Waals surface area contributed by atoms with Crippen LogP contribution in [0.1, 0.15) is 63.5 Å². The van der Waals surface area contributed by atoms with E-state index in [1.807, 2.05) is 13.8 Å². The molecule has 1 aromatic heterocycles. The van der Waals surface area contributed by atoms with Crippen molar-refractivity contribution in [1.82, 2.24) is 20.7 Å². The average Bonchev–Trinajstić information content (AvgIpc) is 2.92. The predicted molar refractivity (Wildman–Crippen MR) is 103 cm³/mol. The fourth-order valence-electron chi connectivity index (χ4n) is 3.59. The SMILES string of the molecule is CCNC(=NCC(C)c1c(C)noc1C)NC1CCN(C(C)C)CC1. The van der Waals surface area contributed by atoms with Crippen LogP contribution in [0.5, 0.6) is 0 Å². The molecule has 1 unspecified atom stereocenters. The lowest BCUT2D eigenvalue weighted by atomic mass is 10.00. The summed E-state index contributed by atoms with van der Waals surface area (Å²) in [6.07, 6.45) is 2.34. The molecule has 0 radical (unpaired) electrons. The third-order valence-corrected chi connectivity index (χ3v) is 5.05. The van der Waals surface area contributed by atoms with Crippen molar-refractivity contribution < 1.29 is 4.52 Å². The van der Waals surface area contributed by atoms with Gasteiger partial charge in [-0.2, -0.15) is 0 Å². The third kappa shape index (κ3) is 5.46. The van der Waals surface area contributed by atoms with E-state index >= 15 is 0 Å². The lowest BCUT2D eigenvalue weighted by molar-refractivity contribution is 0.167. The zero-order valence-corrected chi connectivity index (χ0v) is 16.7. The third-order valence-electron chi connectivity index (χ3n) is 5.05. The second-order valence-electron chi connectivity index (χ2n) is 7.41. The predicted octanol–water partition coefficient (Wildman–Crippen LogP) is 2.82. The summed E-state index contributed by atoms with van der Waals surface area (Å²) in [4.78, 5) is 7.35. The second kappa shape index (κ2) is 9.22. The van der Waals surface area contributed by atoms with E-state index in [1.165, 1.54) is 18.4 Å². The maximum Gasteiger partial charge on any atom is 0.191 e. The Morgan fingerprint density at radius 2 is 1.96 bits per heavy atom. The van der Waals surface area contributed by atoms with Crippen molar-refractivity contribution in [2.24, 2.45) is 4.99 Å². The van der Waals surface area contributed by atoms with Crippen molar-refractivity contribution in [3.8, 4) is 0 Å². The van der Waals surface area contributed by atoms with Crippen molar-refractivity contribution in [1.29, 1.82) is 0 Å². The summed E-state index contributed by atoms with van der Waals surface area (Å²) < 4.78 is 5.29. The maximum atomic E-state index is 5.29. The Bertz CT molecular complexity index is 539. The van der Waals surface area contributed by atoms with Gasteiger partial charge < -0.3 is 20.1 Å². The van der Waals surface area contributed by atoms with Gasteiger partial charge in [0.25, 0.3) is 0 Å². The van der Waals surface area contributed by atoms with Crippen LogP contribution < -0.4 is 10.6 Å². The number of likely N-dealkylation sites (tertiary alicyclic amines) is 1. The number of piperidine rings is 1. The zero-order chi connectivity index (χ0) is 18.4. The molecule has 1 aromatic rings. The number of guanidine groups is 1. The molecule has 0 bridgehead atoms. The molecule has 1 fully saturated rings. The van der Waals surface area contributed by atoms with Gasteiger partial charge in [-0.15, -0.1) is 0 Å². The number of hydrogen-bond acceptors (Lipinski definition) is 4. The summed E-state index contributed by atoms with van der Waals surface area (Å²) in [6, 6.07) is 1.14. The molecular formula is C19H35N5O. The molecule has 1 saturated heterocycles. The van der Waals surface area contributed by atoms with Gasteiger partial charge >= 0.3 is 0 Å². The highest BCUT2D eigenvalue weighted by Gasteiger charge is 2.22. The molecule has 2 N–H and O–H groups in total. The van der Waals surface area contributed by atoms with Crippen molar-refractivity contribution >= 4 is 5.96 Å². The van der Waals surface area contributed by atoms with Crippen LogP contribution in [0.25, 0.3) is 0 Å². The van der Waals surface area contributed by atoms with Crippen LogP contribution in [-0.2, 0) is 0 Å². The molecule has 1 aliphatic rings. The molecule has 1 atom stereocenters. The topological polar surface area (TPSA) is 65.7 Å². The number of rotatable bonds is 6. The first-order valence-electron chi connectivity index (χ1n) is 9.64. The molecule has 0 aliphatic carbocycles. The molecule has 0 amide bonds. The minimum absolute atomic E-state index is 0.296. The van der Waals surface area contributed by atoms with Gasteiger partial charge in [0.05, 0.1) is 5.69 Å². The first-order chi connectivity index (χ1) is 11.9. The molecule has 142 valence electrons. The van der Waals surface area contributed by atoms with Gasteiger partial charge in [-0.25, -0.2) is 0 Å². The number of hydrogen-bond donors (Lipinski definition) is 2. The van der Waals surface area contributed by atoms with Crippen LogP contribution in [0.15, 0.2) is 9.52 Å². The van der Waals surface area contributed by atoms with Gasteiger partial charge in [0, 0.05) is 49.7 Å². The molecule has 25 heavy (non-hydrogen) atoms. The fourth-order valence-corrected chi connectivity index (χ4v) is 3.59. The second-order valence-corrected chi connectivity index (χ2v) is 7.41. The van der Waals surface area contributed by atoms with Crippen LogP contribution in [0.2, 0.25) is 0 Å². The molecule has 0 spiro atoms. The van der Waals surface area contributed by atoms with E-state index in [0.717, 1.165) is 43.6 Å². The molecule has 0 saturated carbocycles. The maximum absolute atomic E-state index is 5.29. The summed E-state index contributed by atoms with van der Waals surface area (Å²) >= 11 is 0. The van der Waals surface area contributed by atoms with Crippen molar-refractivity contribution in [2.45, 2.75) is 72.4 Å². The number of nitrogens with one attached hydrogen (secondary N) is 2. The Morgan fingerprint density at radius 1 is 1.28 bits per heavy atom. The highest BCUT2D eigenvalue weighted by molar-refractivity contribution is 5.80. The first-order valence-corrected chi connectivity index (χ1v) is 9.64. The molecule has 6 heteroatoms. The minimum Gasteiger partial charge on any atom is -0.361 e. The van der Waals surface area contributed by atoms with Crippen LogP contribution in [-0.4, -0.2) is 54.3 Å². The summed E-state index contributed by atoms with van der Waals surface area (Å²) in [5.74, 6) is 2.12. The van der Waals surface area contributed by atoms with Gasteiger partial charge in [0.15, 0.2) is 5.96 Å². The van der Waals surface area contributed by atoms with Gasteiger partial charge in [0.1, 0.15) is 5.76 Å². The molecule has 6 nitrogen and oxygen atoms in total. The standard InChI is InChI=1S/C19H35N5O/c1-7-20-19(22-17-8-10-24(11-9-17)13(2)3)21-12-14(4)18-15(5)23-25-16(18)6/h13-14,17H,7-12H2,1-6H3,(H2,20,21,22). The first kappa shape index (κ1) is 19.8. The Labute approximate surface area is 152 Å². The number of nitrogens with zero attached hydrogens (tertiary/aromatic N) is 3. The summed E-state index contributed by atoms with van der Waals surface area (Å²) in [5.41, 5.74) is 2.16. The van der Waals surface area contributed by atoms with Crippen LogP contribution in [0, 0.1) is 13.8 Å². The van der Waals surface area contributed by atoms with Crippen LogP contribution >= 0.6 is 0 Å². The Balaban J connectivity index is 1.92. The largest absolute Gasteiger partial charge is 0.361 e. The molecular weight excluding hydrogens is 314 g/mol. The highest BCUT2D eigenvalue weighted by atomic mass is 16.5. The molecule has 0 aromatic carbocycles. The van der Waals surface area contributed by atoms with E-state index in [1.54, 1.807) is 0 Å².